The summed E-state index contributed by atoms with van der Waals surface area (Å²) in [5, 5.41) is 6.65. The van der Waals surface area contributed by atoms with E-state index in [4.69, 9.17) is 0 Å². The summed E-state index contributed by atoms with van der Waals surface area (Å²) in [5.41, 5.74) is 2.27. The zero-order valence-corrected chi connectivity index (χ0v) is 16.6. The van der Waals surface area contributed by atoms with Gasteiger partial charge in [0.25, 0.3) is 5.91 Å². The zero-order valence-electron chi connectivity index (χ0n) is 16.6. The maximum absolute atomic E-state index is 12.7. The SMILES string of the molecule is O=C(NCC(=O)N1CCC[C@@H](C(=O)Nc2ccc3[nH]ccc3c2)C1)c1ccccc1. The summed E-state index contributed by atoms with van der Waals surface area (Å²) in [6.45, 7) is 0.879. The zero-order chi connectivity index (χ0) is 20.9. The van der Waals surface area contributed by atoms with E-state index in [1.807, 2.05) is 36.5 Å². The molecule has 1 aliphatic rings. The second-order valence-corrected chi connectivity index (χ2v) is 7.50. The summed E-state index contributed by atoms with van der Waals surface area (Å²) in [7, 11) is 0. The average molecular weight is 404 g/mol. The summed E-state index contributed by atoms with van der Waals surface area (Å²) >= 11 is 0. The fourth-order valence-electron chi connectivity index (χ4n) is 3.75. The minimum Gasteiger partial charge on any atom is -0.361 e. The number of likely N-dealkylation sites (tertiary alicyclic amines) is 1. The van der Waals surface area contributed by atoms with Gasteiger partial charge in [0.05, 0.1) is 12.5 Å². The number of benzene rings is 2. The number of aromatic amines is 1. The predicted octanol–water partition coefficient (Wildman–Crippen LogP) is 2.78. The number of carbonyl (C=O) groups is 3. The highest BCUT2D eigenvalue weighted by molar-refractivity contribution is 5.97. The normalized spacial score (nSPS) is 16.3. The van der Waals surface area contributed by atoms with Crippen LogP contribution in [-0.2, 0) is 9.59 Å². The number of piperidine rings is 1. The molecule has 154 valence electrons. The summed E-state index contributed by atoms with van der Waals surface area (Å²) in [6.07, 6.45) is 3.35. The number of hydrogen-bond donors (Lipinski definition) is 3. The summed E-state index contributed by atoms with van der Waals surface area (Å²) in [4.78, 5) is 42.2. The van der Waals surface area contributed by atoms with Crippen molar-refractivity contribution in [2.75, 3.05) is 25.0 Å². The number of nitrogens with zero attached hydrogens (tertiary/aromatic N) is 1. The molecule has 30 heavy (non-hydrogen) atoms. The molecule has 7 nitrogen and oxygen atoms in total. The molecule has 3 aromatic rings. The van der Waals surface area contributed by atoms with Crippen molar-refractivity contribution in [3.63, 3.8) is 0 Å². The summed E-state index contributed by atoms with van der Waals surface area (Å²) in [6, 6.07) is 16.5. The van der Waals surface area contributed by atoms with Gasteiger partial charge in [0.1, 0.15) is 0 Å². The first-order valence-corrected chi connectivity index (χ1v) is 10.1. The molecule has 1 atom stereocenters. The average Bonchev–Trinajstić information content (AvgIpc) is 3.26. The van der Waals surface area contributed by atoms with E-state index < -0.39 is 0 Å². The van der Waals surface area contributed by atoms with E-state index in [0.717, 1.165) is 29.4 Å². The van der Waals surface area contributed by atoms with Gasteiger partial charge in [0, 0.05) is 41.4 Å². The second-order valence-electron chi connectivity index (χ2n) is 7.50. The van der Waals surface area contributed by atoms with Gasteiger partial charge in [0.15, 0.2) is 0 Å². The van der Waals surface area contributed by atoms with Gasteiger partial charge in [-0.1, -0.05) is 18.2 Å². The Labute approximate surface area is 174 Å². The predicted molar refractivity (Wildman–Crippen MR) is 115 cm³/mol. The van der Waals surface area contributed by atoms with Gasteiger partial charge in [-0.25, -0.2) is 0 Å². The van der Waals surface area contributed by atoms with Crippen LogP contribution in [0.25, 0.3) is 10.9 Å². The molecule has 1 aromatic heterocycles. The number of hydrogen-bond acceptors (Lipinski definition) is 3. The number of amides is 3. The van der Waals surface area contributed by atoms with E-state index in [9.17, 15) is 14.4 Å². The van der Waals surface area contributed by atoms with E-state index in [0.29, 0.717) is 18.7 Å². The number of anilines is 1. The topological polar surface area (TPSA) is 94.3 Å². The van der Waals surface area contributed by atoms with Crippen molar-refractivity contribution >= 4 is 34.3 Å². The third-order valence-corrected chi connectivity index (χ3v) is 5.40. The molecule has 2 heterocycles. The van der Waals surface area contributed by atoms with Gasteiger partial charge in [-0.15, -0.1) is 0 Å². The van der Waals surface area contributed by atoms with Crippen molar-refractivity contribution in [1.82, 2.24) is 15.2 Å². The summed E-state index contributed by atoms with van der Waals surface area (Å²) < 4.78 is 0. The highest BCUT2D eigenvalue weighted by Gasteiger charge is 2.28. The lowest BCUT2D eigenvalue weighted by Gasteiger charge is -2.32. The Hall–Kier alpha value is -3.61. The molecular formula is C23H24N4O3. The third-order valence-electron chi connectivity index (χ3n) is 5.40. The fourth-order valence-corrected chi connectivity index (χ4v) is 3.75. The molecule has 2 aromatic carbocycles. The van der Waals surface area contributed by atoms with Gasteiger partial charge in [0.2, 0.25) is 11.8 Å². The highest BCUT2D eigenvalue weighted by atomic mass is 16.2. The van der Waals surface area contributed by atoms with Crippen molar-refractivity contribution in [3.8, 4) is 0 Å². The molecule has 0 saturated carbocycles. The lowest BCUT2D eigenvalue weighted by atomic mass is 9.97. The van der Waals surface area contributed by atoms with Crippen LogP contribution in [0.1, 0.15) is 23.2 Å². The van der Waals surface area contributed by atoms with Crippen LogP contribution in [0.15, 0.2) is 60.8 Å². The Bertz CT molecular complexity index is 1060. The Morgan fingerprint density at radius 1 is 1.07 bits per heavy atom. The molecule has 0 unspecified atom stereocenters. The lowest BCUT2D eigenvalue weighted by molar-refractivity contribution is -0.133. The number of H-pyrrole nitrogens is 1. The Morgan fingerprint density at radius 2 is 1.90 bits per heavy atom. The monoisotopic (exact) mass is 404 g/mol. The van der Waals surface area contributed by atoms with E-state index >= 15 is 0 Å². The molecule has 1 aliphatic heterocycles. The Kier molecular flexibility index (Phi) is 5.79. The lowest BCUT2D eigenvalue weighted by Crippen LogP contribution is -2.47. The molecule has 1 saturated heterocycles. The van der Waals surface area contributed by atoms with Crippen LogP contribution in [0.2, 0.25) is 0 Å². The van der Waals surface area contributed by atoms with Crippen molar-refractivity contribution in [2.45, 2.75) is 12.8 Å². The standard InChI is InChI=1S/C23H24N4O3/c28-21(14-25-22(29)16-5-2-1-3-6-16)27-12-4-7-18(15-27)23(30)26-19-8-9-20-17(13-19)10-11-24-20/h1-3,5-6,8-11,13,18,24H,4,7,12,14-15H2,(H,25,29)(H,26,30)/t18-/m1/s1. The molecule has 1 fully saturated rings. The number of rotatable bonds is 5. The minimum atomic E-state index is -0.282. The highest BCUT2D eigenvalue weighted by Crippen LogP contribution is 2.21. The molecule has 3 N–H and O–H groups in total. The molecule has 0 aliphatic carbocycles. The van der Waals surface area contributed by atoms with Gasteiger partial charge in [-0.3, -0.25) is 14.4 Å². The number of aromatic nitrogens is 1. The van der Waals surface area contributed by atoms with E-state index in [-0.39, 0.29) is 30.2 Å². The van der Waals surface area contributed by atoms with Gasteiger partial charge in [-0.2, -0.15) is 0 Å². The number of carbonyl (C=O) groups excluding carboxylic acids is 3. The van der Waals surface area contributed by atoms with Crippen LogP contribution in [0.4, 0.5) is 5.69 Å². The molecule has 4 rings (SSSR count). The van der Waals surface area contributed by atoms with Crippen LogP contribution in [0, 0.1) is 5.92 Å². The van der Waals surface area contributed by atoms with E-state index in [1.165, 1.54) is 0 Å². The molecule has 0 bridgehead atoms. The largest absolute Gasteiger partial charge is 0.361 e. The number of fused-ring (bicyclic) bond motifs is 1. The van der Waals surface area contributed by atoms with Gasteiger partial charge >= 0.3 is 0 Å². The maximum Gasteiger partial charge on any atom is 0.251 e. The van der Waals surface area contributed by atoms with Crippen LogP contribution >= 0.6 is 0 Å². The van der Waals surface area contributed by atoms with Crippen molar-refractivity contribution in [3.05, 3.63) is 66.4 Å². The molecule has 0 radical (unpaired) electrons. The van der Waals surface area contributed by atoms with Crippen molar-refractivity contribution in [2.24, 2.45) is 5.92 Å². The molecule has 7 heteroatoms. The van der Waals surface area contributed by atoms with E-state index in [2.05, 4.69) is 15.6 Å². The minimum absolute atomic E-state index is 0.0772. The fraction of sp³-hybridized carbons (Fsp3) is 0.261. The van der Waals surface area contributed by atoms with Crippen LogP contribution in [0.3, 0.4) is 0 Å². The quantitative estimate of drug-likeness (QED) is 0.610. The first-order valence-electron chi connectivity index (χ1n) is 10.1. The molecule has 0 spiro atoms. The van der Waals surface area contributed by atoms with Crippen LogP contribution < -0.4 is 10.6 Å². The van der Waals surface area contributed by atoms with Crippen molar-refractivity contribution in [1.29, 1.82) is 0 Å². The summed E-state index contributed by atoms with van der Waals surface area (Å²) in [5.74, 6) is -0.814. The molecular weight excluding hydrogens is 380 g/mol. The van der Waals surface area contributed by atoms with Crippen LogP contribution in [-0.4, -0.2) is 47.2 Å². The first kappa shape index (κ1) is 19.7. The van der Waals surface area contributed by atoms with Crippen molar-refractivity contribution < 1.29 is 14.4 Å². The van der Waals surface area contributed by atoms with Gasteiger partial charge in [-0.05, 0) is 49.2 Å². The number of nitrogens with one attached hydrogen (secondary N) is 3. The smallest absolute Gasteiger partial charge is 0.251 e. The van der Waals surface area contributed by atoms with Gasteiger partial charge < -0.3 is 20.5 Å². The third kappa shape index (κ3) is 4.51. The maximum atomic E-state index is 12.7. The molecule has 3 amide bonds. The Morgan fingerprint density at radius 3 is 2.73 bits per heavy atom. The Balaban J connectivity index is 1.31. The second kappa shape index (κ2) is 8.82. The first-order chi connectivity index (χ1) is 14.6. The van der Waals surface area contributed by atoms with E-state index in [1.54, 1.807) is 29.2 Å². The van der Waals surface area contributed by atoms with Crippen LogP contribution in [0.5, 0.6) is 0 Å².